The second-order valence-electron chi connectivity index (χ2n) is 0.862. The van der Waals surface area contributed by atoms with E-state index >= 15 is 0 Å². The quantitative estimate of drug-likeness (QED) is 0.380. The maximum Gasteiger partial charge on any atom is 0.493 e. The molecule has 2 nitrogen and oxygen atoms in total. The maximum absolute atomic E-state index is 3.67. The molecule has 0 atom stereocenters. The number of hydrogen-bond donors (Lipinski definition) is 0. The Hall–Kier alpha value is -1.02. The molecular weight excluding hydrogens is 76.1 g/mol. The minimum absolute atomic E-state index is 0.566. The van der Waals surface area contributed by atoms with E-state index in [0.29, 0.717) is 6.54 Å². The Balaban J connectivity index is 2.57. The molecule has 0 N–H and O–H groups in total. The van der Waals surface area contributed by atoms with Crippen molar-refractivity contribution in [2.75, 3.05) is 6.54 Å². The van der Waals surface area contributed by atoms with Gasteiger partial charge >= 0.3 is 25.2 Å². The number of nitrogens with zero attached hydrogens (tertiary/aromatic N) is 2. The van der Waals surface area contributed by atoms with Crippen LogP contribution in [0.25, 0.3) is 9.69 Å². The van der Waals surface area contributed by atoms with Gasteiger partial charge in [0.2, 0.25) is 0 Å². The van der Waals surface area contributed by atoms with Gasteiger partial charge < -0.3 is 0 Å². The Kier molecular flexibility index (Phi) is 0.756. The lowest BCUT2D eigenvalue weighted by Crippen LogP contribution is -1.69. The molecule has 0 aromatic carbocycles. The summed E-state index contributed by atoms with van der Waals surface area (Å²) < 4.78 is 0. The lowest BCUT2D eigenvalue weighted by molar-refractivity contribution is 1.55. The normalized spacial score (nSPS) is 13.3. The number of hydrogen-bond acceptors (Lipinski definition) is 0. The van der Waals surface area contributed by atoms with E-state index in [4.69, 9.17) is 0 Å². The molecule has 27 valence electrons. The van der Waals surface area contributed by atoms with Crippen molar-refractivity contribution >= 4 is 0 Å². The van der Waals surface area contributed by atoms with E-state index in [1.54, 1.807) is 0 Å². The first-order chi connectivity index (χ1) is 3.00. The fraction of sp³-hybridized carbons (Fsp3) is 0.250. The summed E-state index contributed by atoms with van der Waals surface area (Å²) in [6.07, 6.45) is 0. The summed E-state index contributed by atoms with van der Waals surface area (Å²) in [5.74, 6) is 0. The Bertz CT molecular complexity index is 118. The van der Waals surface area contributed by atoms with Crippen LogP contribution in [0.1, 0.15) is 0 Å². The zero-order chi connectivity index (χ0) is 4.24. The van der Waals surface area contributed by atoms with Crippen LogP contribution in [0.3, 0.4) is 0 Å². The zero-order valence-electron chi connectivity index (χ0n) is 3.18. The molecule has 0 spiro atoms. The van der Waals surface area contributed by atoms with Gasteiger partial charge in [0, 0.05) is 0 Å². The van der Waals surface area contributed by atoms with E-state index in [2.05, 4.69) is 21.8 Å². The Morgan fingerprint density at radius 1 is 1.67 bits per heavy atom. The predicted molar refractivity (Wildman–Crippen MR) is 23.7 cm³/mol. The maximum atomic E-state index is 3.67. The van der Waals surface area contributed by atoms with Crippen molar-refractivity contribution in [3.05, 3.63) is 16.2 Å². The smallest absolute Gasteiger partial charge is 0.0534 e. The van der Waals surface area contributed by atoms with E-state index in [-0.39, 0.29) is 0 Å². The molecule has 0 aromatic heterocycles. The zero-order valence-corrected chi connectivity index (χ0v) is 3.18. The Labute approximate surface area is 36.0 Å². The van der Waals surface area contributed by atoms with E-state index in [9.17, 15) is 0 Å². The highest BCUT2D eigenvalue weighted by Gasteiger charge is 2.03. The van der Waals surface area contributed by atoms with Crippen molar-refractivity contribution in [1.82, 2.24) is 0 Å². The summed E-state index contributed by atoms with van der Waals surface area (Å²) in [4.78, 5) is 7.26. The van der Waals surface area contributed by atoms with Crippen molar-refractivity contribution in [1.29, 1.82) is 0 Å². The molecule has 0 saturated heterocycles. The molecule has 0 amide bonds. The van der Waals surface area contributed by atoms with E-state index in [0.717, 1.165) is 0 Å². The van der Waals surface area contributed by atoms with Crippen LogP contribution in [-0.2, 0) is 0 Å². The van der Waals surface area contributed by atoms with Crippen LogP contribution < -0.4 is 0 Å². The van der Waals surface area contributed by atoms with E-state index in [1.807, 2.05) is 0 Å². The van der Waals surface area contributed by atoms with Crippen LogP contribution in [0.5, 0.6) is 0 Å². The van der Waals surface area contributed by atoms with E-state index in [1.165, 1.54) is 6.54 Å². The highest BCUT2D eigenvalue weighted by molar-refractivity contribution is 5.18. The van der Waals surface area contributed by atoms with E-state index < -0.39 is 0 Å². The van der Waals surface area contributed by atoms with Gasteiger partial charge in [0.25, 0.3) is 0 Å². The van der Waals surface area contributed by atoms with Crippen molar-refractivity contribution in [2.24, 2.45) is 0 Å². The topological polar surface area (TPSA) is 8.72 Å². The predicted octanol–water partition coefficient (Wildman–Crippen LogP) is 0.828. The summed E-state index contributed by atoms with van der Waals surface area (Å²) in [5.41, 5.74) is 0. The van der Waals surface area contributed by atoms with Crippen LogP contribution in [0, 0.1) is 18.7 Å². The third kappa shape index (κ3) is 0.471. The van der Waals surface area contributed by atoms with Gasteiger partial charge in [-0.2, -0.15) is 0 Å². The third-order valence-corrected chi connectivity index (χ3v) is 0.455. The molecule has 1 heterocycles. The van der Waals surface area contributed by atoms with Crippen molar-refractivity contribution in [2.45, 2.75) is 0 Å². The highest BCUT2D eigenvalue weighted by atomic mass is 14.7. The summed E-state index contributed by atoms with van der Waals surface area (Å²) >= 11 is 0. The van der Waals surface area contributed by atoms with Crippen LogP contribution in [0.15, 0.2) is 0 Å². The van der Waals surface area contributed by atoms with Crippen molar-refractivity contribution in [3.63, 3.8) is 0 Å². The fourth-order valence-corrected chi connectivity index (χ4v) is 0.237. The molecule has 6 heavy (non-hydrogen) atoms. The second-order valence-corrected chi connectivity index (χ2v) is 0.862. The first kappa shape index (κ1) is 3.18. The van der Waals surface area contributed by atoms with Crippen LogP contribution in [0.4, 0.5) is 0 Å². The van der Waals surface area contributed by atoms with Gasteiger partial charge in [0.1, 0.15) is 0 Å². The molecule has 1 aliphatic heterocycles. The van der Waals surface area contributed by atoms with Crippen LogP contribution >= 0.6 is 0 Å². The fourth-order valence-electron chi connectivity index (χ4n) is 0.237. The minimum Gasteiger partial charge on any atom is -0.0534 e. The molecule has 1 radical (unpaired) electrons. The van der Waals surface area contributed by atoms with Crippen LogP contribution in [0.2, 0.25) is 0 Å². The summed E-state index contributed by atoms with van der Waals surface area (Å²) in [5, 5.41) is 0. The molecule has 0 aliphatic carbocycles. The SMILES string of the molecule is C1#[N+][CH]C#[N+]C1. The minimum atomic E-state index is 0.566. The van der Waals surface area contributed by atoms with Crippen molar-refractivity contribution < 1.29 is 0 Å². The van der Waals surface area contributed by atoms with Gasteiger partial charge in [0.05, 0.1) is 0 Å². The highest BCUT2D eigenvalue weighted by Crippen LogP contribution is 1.81. The van der Waals surface area contributed by atoms with Gasteiger partial charge in [0.15, 0.2) is 0 Å². The van der Waals surface area contributed by atoms with Gasteiger partial charge in [-0.3, -0.25) is 0 Å². The van der Waals surface area contributed by atoms with Gasteiger partial charge in [-0.15, -0.1) is 0 Å². The lowest BCUT2D eigenvalue weighted by atomic mass is 10.6. The van der Waals surface area contributed by atoms with Gasteiger partial charge in [-0.25, -0.2) is 0 Å². The molecule has 0 saturated carbocycles. The Morgan fingerprint density at radius 3 is 2.83 bits per heavy atom. The summed E-state index contributed by atoms with van der Waals surface area (Å²) in [6, 6.07) is 5.18. The molecular formula is C4H3N2+2. The molecule has 0 bridgehead atoms. The molecule has 2 heteroatoms. The monoisotopic (exact) mass is 79.0 g/mol. The van der Waals surface area contributed by atoms with Crippen LogP contribution in [-0.4, -0.2) is 6.54 Å². The standard InChI is InChI=1S/C4H3N2/c1-2-6-4-3-5-1/h1H,4H2/q+2. The lowest BCUT2D eigenvalue weighted by Gasteiger charge is -1.48. The molecule has 1 rings (SSSR count). The summed E-state index contributed by atoms with van der Waals surface area (Å²) in [7, 11) is 0. The molecule has 1 aliphatic rings. The molecule has 0 unspecified atom stereocenters. The first-order valence-electron chi connectivity index (χ1n) is 1.66. The summed E-state index contributed by atoms with van der Waals surface area (Å²) in [6.45, 7) is 2.06. The Morgan fingerprint density at radius 2 is 2.67 bits per heavy atom. The van der Waals surface area contributed by atoms with Gasteiger partial charge in [-0.1, -0.05) is 4.85 Å². The average Bonchev–Trinajstić information content (AvgIpc) is 1.72. The van der Waals surface area contributed by atoms with Gasteiger partial charge in [-0.05, 0) is 4.85 Å². The first-order valence-corrected chi connectivity index (χ1v) is 1.66. The van der Waals surface area contributed by atoms with Crippen molar-refractivity contribution in [3.8, 4) is 12.1 Å². The second kappa shape index (κ2) is 1.43. The third-order valence-electron chi connectivity index (χ3n) is 0.455. The largest absolute Gasteiger partial charge is 0.493 e. The molecule has 0 aromatic rings. The molecule has 0 fully saturated rings. The average molecular weight is 79.1 g/mol. The number of rotatable bonds is 0.